The Labute approximate surface area is 116 Å². The normalized spacial score (nSPS) is 9.16. The molecule has 2 rings (SSSR count). The Bertz CT molecular complexity index is 412. The van der Waals surface area contributed by atoms with Crippen molar-refractivity contribution in [1.29, 1.82) is 0 Å². The van der Waals surface area contributed by atoms with Crippen LogP contribution in [0.1, 0.15) is 20.3 Å². The summed E-state index contributed by atoms with van der Waals surface area (Å²) >= 11 is 0. The molecule has 0 fully saturated rings. The fourth-order valence-electron chi connectivity index (χ4n) is 1.59. The lowest BCUT2D eigenvalue weighted by atomic mass is 10.3. The van der Waals surface area contributed by atoms with E-state index in [1.807, 2.05) is 36.4 Å². The van der Waals surface area contributed by atoms with Crippen LogP contribution in [0.4, 0.5) is 11.4 Å². The number of rotatable bonds is 5. The Morgan fingerprint density at radius 3 is 1.58 bits per heavy atom. The summed E-state index contributed by atoms with van der Waals surface area (Å²) in [6.07, 6.45) is 1.18. The van der Waals surface area contributed by atoms with Crippen molar-refractivity contribution in [2.75, 3.05) is 23.7 Å². The molecule has 0 aromatic heterocycles. The molecule has 0 saturated carbocycles. The van der Waals surface area contributed by atoms with Crippen molar-refractivity contribution in [2.24, 2.45) is 0 Å². The van der Waals surface area contributed by atoms with Crippen LogP contribution in [-0.2, 0) is 0 Å². The van der Waals surface area contributed by atoms with E-state index < -0.39 is 0 Å². The lowest BCUT2D eigenvalue weighted by molar-refractivity contribution is 0.980. The van der Waals surface area contributed by atoms with Gasteiger partial charge in [0, 0.05) is 24.5 Å². The van der Waals surface area contributed by atoms with E-state index in [0.717, 1.165) is 13.1 Å². The highest BCUT2D eigenvalue weighted by molar-refractivity contribution is 5.42. The van der Waals surface area contributed by atoms with Gasteiger partial charge in [-0.2, -0.15) is 0 Å². The molecule has 2 heteroatoms. The molecule has 19 heavy (non-hydrogen) atoms. The molecule has 0 heterocycles. The van der Waals surface area contributed by atoms with Gasteiger partial charge in [0.05, 0.1) is 0 Å². The number of hydrogen-bond donors (Lipinski definition) is 2. The Morgan fingerprint density at radius 1 is 0.684 bits per heavy atom. The van der Waals surface area contributed by atoms with Crippen LogP contribution in [0.25, 0.3) is 0 Å². The largest absolute Gasteiger partial charge is 0.385 e. The molecule has 0 spiro atoms. The first kappa shape index (κ1) is 15.1. The smallest absolute Gasteiger partial charge is 0.0340 e. The van der Waals surface area contributed by atoms with Crippen molar-refractivity contribution >= 4 is 11.4 Å². The van der Waals surface area contributed by atoms with Crippen LogP contribution in [0.5, 0.6) is 0 Å². The molecule has 0 aliphatic heterocycles. The van der Waals surface area contributed by atoms with Crippen molar-refractivity contribution < 1.29 is 0 Å². The molecular weight excluding hydrogens is 232 g/mol. The minimum atomic E-state index is 0.990. The molecule has 2 N–H and O–H groups in total. The highest BCUT2D eigenvalue weighted by Gasteiger charge is 1.84. The van der Waals surface area contributed by atoms with Crippen LogP contribution in [0.2, 0.25) is 0 Å². The summed E-state index contributed by atoms with van der Waals surface area (Å²) in [5, 5.41) is 6.50. The number of anilines is 2. The van der Waals surface area contributed by atoms with E-state index in [4.69, 9.17) is 0 Å². The second kappa shape index (κ2) is 10.0. The summed E-state index contributed by atoms with van der Waals surface area (Å²) in [4.78, 5) is 0. The van der Waals surface area contributed by atoms with Crippen LogP contribution in [0.3, 0.4) is 0 Å². The first-order chi connectivity index (χ1) is 9.36. The van der Waals surface area contributed by atoms with Crippen molar-refractivity contribution in [3.05, 3.63) is 60.7 Å². The monoisotopic (exact) mass is 256 g/mol. The molecular formula is C17H24N2. The Kier molecular flexibility index (Phi) is 7.95. The first-order valence-corrected chi connectivity index (χ1v) is 6.94. The minimum absolute atomic E-state index is 0.990. The van der Waals surface area contributed by atoms with E-state index in [9.17, 15) is 0 Å². The lowest BCUT2D eigenvalue weighted by Gasteiger charge is -2.01. The average molecular weight is 256 g/mol. The van der Waals surface area contributed by atoms with Gasteiger partial charge in [-0.15, -0.1) is 0 Å². The Balaban J connectivity index is 0.000000191. The van der Waals surface area contributed by atoms with Gasteiger partial charge in [-0.3, -0.25) is 0 Å². The Morgan fingerprint density at radius 2 is 1.16 bits per heavy atom. The lowest BCUT2D eigenvalue weighted by Crippen LogP contribution is -1.98. The zero-order chi connectivity index (χ0) is 13.8. The van der Waals surface area contributed by atoms with E-state index in [1.165, 1.54) is 17.8 Å². The van der Waals surface area contributed by atoms with Gasteiger partial charge in [0.15, 0.2) is 0 Å². The topological polar surface area (TPSA) is 24.1 Å². The van der Waals surface area contributed by atoms with Gasteiger partial charge < -0.3 is 10.6 Å². The number of nitrogens with one attached hydrogen (secondary N) is 2. The standard InChI is InChI=1S/C9H13N.C8H11N/c1-2-8-10-9-6-4-3-5-7-9;1-2-9-8-6-4-3-5-7-8/h3-7,10H,2,8H2,1H3;3-7,9H,2H2,1H3. The summed E-state index contributed by atoms with van der Waals surface area (Å²) in [7, 11) is 0. The number of hydrogen-bond acceptors (Lipinski definition) is 2. The second-order valence-corrected chi connectivity index (χ2v) is 4.19. The van der Waals surface area contributed by atoms with Crippen LogP contribution in [0.15, 0.2) is 60.7 Å². The minimum Gasteiger partial charge on any atom is -0.385 e. The summed E-state index contributed by atoms with van der Waals surface area (Å²) < 4.78 is 0. The third-order valence-corrected chi connectivity index (χ3v) is 2.51. The van der Waals surface area contributed by atoms with E-state index in [-0.39, 0.29) is 0 Å². The van der Waals surface area contributed by atoms with Crippen LogP contribution < -0.4 is 10.6 Å². The molecule has 0 saturated heterocycles. The zero-order valence-corrected chi connectivity index (χ0v) is 11.9. The molecule has 0 bridgehead atoms. The SMILES string of the molecule is CCCNc1ccccc1.CCNc1ccccc1. The third kappa shape index (κ3) is 7.14. The van der Waals surface area contributed by atoms with Gasteiger partial charge in [-0.1, -0.05) is 43.3 Å². The van der Waals surface area contributed by atoms with Crippen LogP contribution in [-0.4, -0.2) is 13.1 Å². The third-order valence-electron chi connectivity index (χ3n) is 2.51. The molecule has 0 unspecified atom stereocenters. The molecule has 0 radical (unpaired) electrons. The summed E-state index contributed by atoms with van der Waals surface area (Å²) in [5.41, 5.74) is 2.41. The second-order valence-electron chi connectivity index (χ2n) is 4.19. The maximum Gasteiger partial charge on any atom is 0.0340 e. The van der Waals surface area contributed by atoms with Crippen molar-refractivity contribution in [3.63, 3.8) is 0 Å². The Hall–Kier alpha value is -1.96. The van der Waals surface area contributed by atoms with Gasteiger partial charge in [0.2, 0.25) is 0 Å². The zero-order valence-electron chi connectivity index (χ0n) is 11.9. The molecule has 0 aliphatic carbocycles. The van der Waals surface area contributed by atoms with Gasteiger partial charge >= 0.3 is 0 Å². The maximum atomic E-state index is 3.29. The average Bonchev–Trinajstić information content (AvgIpc) is 2.48. The van der Waals surface area contributed by atoms with E-state index in [0.29, 0.717) is 0 Å². The predicted molar refractivity (Wildman–Crippen MR) is 85.8 cm³/mol. The number of para-hydroxylation sites is 2. The summed E-state index contributed by atoms with van der Waals surface area (Å²) in [5.74, 6) is 0. The summed E-state index contributed by atoms with van der Waals surface area (Å²) in [6, 6.07) is 20.4. The first-order valence-electron chi connectivity index (χ1n) is 6.94. The van der Waals surface area contributed by atoms with E-state index in [1.54, 1.807) is 0 Å². The molecule has 0 amide bonds. The van der Waals surface area contributed by atoms with Crippen molar-refractivity contribution in [2.45, 2.75) is 20.3 Å². The quantitative estimate of drug-likeness (QED) is 0.815. The molecule has 0 aliphatic rings. The van der Waals surface area contributed by atoms with Gasteiger partial charge in [0.25, 0.3) is 0 Å². The predicted octanol–water partition coefficient (Wildman–Crippen LogP) is 4.63. The summed E-state index contributed by atoms with van der Waals surface area (Å²) in [6.45, 7) is 6.30. The molecule has 2 aromatic carbocycles. The van der Waals surface area contributed by atoms with Gasteiger partial charge in [-0.05, 0) is 37.6 Å². The number of benzene rings is 2. The molecule has 102 valence electrons. The van der Waals surface area contributed by atoms with Crippen LogP contribution >= 0.6 is 0 Å². The molecule has 2 aromatic rings. The highest BCUT2D eigenvalue weighted by Crippen LogP contribution is 2.04. The van der Waals surface area contributed by atoms with Crippen LogP contribution in [0, 0.1) is 0 Å². The van der Waals surface area contributed by atoms with Crippen molar-refractivity contribution in [3.8, 4) is 0 Å². The fraction of sp³-hybridized carbons (Fsp3) is 0.294. The van der Waals surface area contributed by atoms with Gasteiger partial charge in [0.1, 0.15) is 0 Å². The maximum absolute atomic E-state index is 3.29. The molecule has 2 nitrogen and oxygen atoms in total. The van der Waals surface area contributed by atoms with Crippen molar-refractivity contribution in [1.82, 2.24) is 0 Å². The van der Waals surface area contributed by atoms with Gasteiger partial charge in [-0.25, -0.2) is 0 Å². The fourth-order valence-corrected chi connectivity index (χ4v) is 1.59. The highest BCUT2D eigenvalue weighted by atomic mass is 14.9. The van der Waals surface area contributed by atoms with E-state index in [2.05, 4.69) is 48.7 Å². The molecule has 0 atom stereocenters. The van der Waals surface area contributed by atoms with E-state index >= 15 is 0 Å².